The fourth-order valence-electron chi connectivity index (χ4n) is 4.11. The molecule has 0 amide bonds. The summed E-state index contributed by atoms with van der Waals surface area (Å²) in [4.78, 5) is 15.4. The second kappa shape index (κ2) is 7.27. The first-order valence-electron chi connectivity index (χ1n) is 9.83. The standard InChI is InChI=1S/C21H24N6OS/c1-13-12-28-9-8-27(13)19-10-16(18-11-22-14(2)29-18)15-5-7-26(3)21(20(15)24-19)17-4-6-23-25-17/h4-7,10-11,13,21H,8-9,12H2,1-3H3,(H,23,25)/t13-,21?/m1/s1. The van der Waals surface area contributed by atoms with Crippen LogP contribution in [0.1, 0.15) is 34.9 Å². The Labute approximate surface area is 174 Å². The summed E-state index contributed by atoms with van der Waals surface area (Å²) in [7, 11) is 2.08. The Kier molecular flexibility index (Phi) is 4.60. The molecule has 3 aromatic heterocycles. The fourth-order valence-corrected chi connectivity index (χ4v) is 4.91. The van der Waals surface area contributed by atoms with Crippen LogP contribution in [0.2, 0.25) is 0 Å². The summed E-state index contributed by atoms with van der Waals surface area (Å²) in [6, 6.07) is 4.51. The van der Waals surface area contributed by atoms with Crippen LogP contribution in [0.4, 0.5) is 5.82 Å². The molecule has 5 heterocycles. The average Bonchev–Trinajstić information content (AvgIpc) is 3.39. The van der Waals surface area contributed by atoms with E-state index in [1.165, 1.54) is 10.4 Å². The Morgan fingerprint density at radius 1 is 1.34 bits per heavy atom. The van der Waals surface area contributed by atoms with Crippen LogP contribution in [0.3, 0.4) is 0 Å². The van der Waals surface area contributed by atoms with Crippen molar-refractivity contribution in [1.82, 2.24) is 25.1 Å². The van der Waals surface area contributed by atoms with Crippen LogP contribution in [-0.4, -0.2) is 57.9 Å². The molecule has 7 nitrogen and oxygen atoms in total. The average molecular weight is 409 g/mol. The third kappa shape index (κ3) is 3.22. The van der Waals surface area contributed by atoms with Crippen molar-refractivity contribution in [3.8, 4) is 10.4 Å². The molecule has 1 saturated heterocycles. The maximum Gasteiger partial charge on any atom is 0.130 e. The van der Waals surface area contributed by atoms with Crippen molar-refractivity contribution in [3.05, 3.63) is 52.7 Å². The van der Waals surface area contributed by atoms with Crippen LogP contribution in [0.15, 0.2) is 30.7 Å². The predicted molar refractivity (Wildman–Crippen MR) is 115 cm³/mol. The van der Waals surface area contributed by atoms with Crippen LogP contribution in [0.5, 0.6) is 0 Å². The molecule has 0 aromatic carbocycles. The van der Waals surface area contributed by atoms with Crippen LogP contribution in [0.25, 0.3) is 16.5 Å². The lowest BCUT2D eigenvalue weighted by Crippen LogP contribution is -2.44. The van der Waals surface area contributed by atoms with Gasteiger partial charge in [0.1, 0.15) is 11.9 Å². The SMILES string of the molecule is Cc1ncc(-c2cc(N3CCOC[C@H]3C)nc3c2C=CN(C)C3c2ccn[nH]2)s1. The van der Waals surface area contributed by atoms with Crippen molar-refractivity contribution in [2.75, 3.05) is 31.7 Å². The fraction of sp³-hybridized carbons (Fsp3) is 0.381. The quantitative estimate of drug-likeness (QED) is 0.716. The van der Waals surface area contributed by atoms with Crippen molar-refractivity contribution in [3.63, 3.8) is 0 Å². The summed E-state index contributed by atoms with van der Waals surface area (Å²) in [5, 5.41) is 8.38. The van der Waals surface area contributed by atoms with Crippen LogP contribution in [-0.2, 0) is 4.74 Å². The van der Waals surface area contributed by atoms with E-state index >= 15 is 0 Å². The number of pyridine rings is 1. The molecule has 1 N–H and O–H groups in total. The number of thiazole rings is 1. The zero-order valence-electron chi connectivity index (χ0n) is 16.8. The first kappa shape index (κ1) is 18.3. The molecule has 8 heteroatoms. The maximum atomic E-state index is 5.65. The van der Waals surface area contributed by atoms with Gasteiger partial charge in [-0.15, -0.1) is 11.3 Å². The van der Waals surface area contributed by atoms with Gasteiger partial charge in [0.15, 0.2) is 0 Å². The topological polar surface area (TPSA) is 70.2 Å². The number of nitrogens with zero attached hydrogens (tertiary/aromatic N) is 5. The molecule has 3 aromatic rings. The summed E-state index contributed by atoms with van der Waals surface area (Å²) in [5.74, 6) is 0.994. The van der Waals surface area contributed by atoms with Gasteiger partial charge in [-0.05, 0) is 32.1 Å². The van der Waals surface area contributed by atoms with Gasteiger partial charge < -0.3 is 14.5 Å². The van der Waals surface area contributed by atoms with Gasteiger partial charge in [0.05, 0.1) is 40.5 Å². The minimum absolute atomic E-state index is 0.0124. The molecule has 2 aliphatic heterocycles. The van der Waals surface area contributed by atoms with E-state index in [0.29, 0.717) is 0 Å². The molecule has 150 valence electrons. The van der Waals surface area contributed by atoms with Gasteiger partial charge in [-0.3, -0.25) is 5.10 Å². The molecule has 0 spiro atoms. The third-order valence-corrected chi connectivity index (χ3v) is 6.53. The highest BCUT2D eigenvalue weighted by Gasteiger charge is 2.30. The summed E-state index contributed by atoms with van der Waals surface area (Å²) < 4.78 is 5.65. The normalized spacial score (nSPS) is 21.5. The van der Waals surface area contributed by atoms with E-state index < -0.39 is 0 Å². The van der Waals surface area contributed by atoms with Crippen molar-refractivity contribution in [2.24, 2.45) is 0 Å². The highest BCUT2D eigenvalue weighted by Crippen LogP contribution is 2.41. The second-order valence-corrected chi connectivity index (χ2v) is 8.82. The van der Waals surface area contributed by atoms with E-state index in [-0.39, 0.29) is 12.1 Å². The van der Waals surface area contributed by atoms with Gasteiger partial charge in [0.2, 0.25) is 0 Å². The lowest BCUT2D eigenvalue weighted by Gasteiger charge is -2.37. The van der Waals surface area contributed by atoms with Crippen LogP contribution < -0.4 is 4.90 Å². The summed E-state index contributed by atoms with van der Waals surface area (Å²) in [5.41, 5.74) is 4.40. The largest absolute Gasteiger partial charge is 0.377 e. The molecule has 5 rings (SSSR count). The van der Waals surface area contributed by atoms with E-state index in [1.807, 2.05) is 19.2 Å². The summed E-state index contributed by atoms with van der Waals surface area (Å²) >= 11 is 1.72. The number of rotatable bonds is 3. The zero-order valence-corrected chi connectivity index (χ0v) is 17.6. The second-order valence-electron chi connectivity index (χ2n) is 7.58. The van der Waals surface area contributed by atoms with Crippen molar-refractivity contribution in [2.45, 2.75) is 25.9 Å². The smallest absolute Gasteiger partial charge is 0.130 e. The lowest BCUT2D eigenvalue weighted by molar-refractivity contribution is 0.0985. The molecule has 2 aliphatic rings. The first-order chi connectivity index (χ1) is 14.1. The molecular formula is C21H24N6OS. The Bertz CT molecular complexity index is 1040. The number of H-pyrrole nitrogens is 1. The zero-order chi connectivity index (χ0) is 20.0. The molecular weight excluding hydrogens is 384 g/mol. The van der Waals surface area contributed by atoms with Gasteiger partial charge in [-0.25, -0.2) is 9.97 Å². The Hall–Kier alpha value is -2.71. The van der Waals surface area contributed by atoms with Crippen molar-refractivity contribution >= 4 is 23.2 Å². The number of aromatic nitrogens is 4. The van der Waals surface area contributed by atoms with Gasteiger partial charge in [0.25, 0.3) is 0 Å². The first-order valence-corrected chi connectivity index (χ1v) is 10.6. The third-order valence-electron chi connectivity index (χ3n) is 5.58. The number of ether oxygens (including phenoxy) is 1. The molecule has 0 radical (unpaired) electrons. The highest BCUT2D eigenvalue weighted by molar-refractivity contribution is 7.15. The number of hydrogen-bond acceptors (Lipinski definition) is 7. The van der Waals surface area contributed by atoms with Gasteiger partial charge >= 0.3 is 0 Å². The number of anilines is 1. The van der Waals surface area contributed by atoms with Gasteiger partial charge in [-0.1, -0.05) is 0 Å². The maximum absolute atomic E-state index is 5.65. The number of fused-ring (bicyclic) bond motifs is 1. The van der Waals surface area contributed by atoms with E-state index in [4.69, 9.17) is 9.72 Å². The molecule has 1 unspecified atom stereocenters. The number of aromatic amines is 1. The van der Waals surface area contributed by atoms with E-state index in [1.54, 1.807) is 17.5 Å². The van der Waals surface area contributed by atoms with E-state index in [2.05, 4.69) is 57.3 Å². The molecule has 0 saturated carbocycles. The number of aryl methyl sites for hydroxylation is 1. The van der Waals surface area contributed by atoms with E-state index in [9.17, 15) is 0 Å². The Morgan fingerprint density at radius 2 is 2.24 bits per heavy atom. The molecule has 1 fully saturated rings. The van der Waals surface area contributed by atoms with Crippen LogP contribution in [0, 0.1) is 6.92 Å². The predicted octanol–water partition coefficient (Wildman–Crippen LogP) is 3.47. The van der Waals surface area contributed by atoms with Crippen molar-refractivity contribution < 1.29 is 4.74 Å². The number of nitrogens with one attached hydrogen (secondary N) is 1. The highest BCUT2D eigenvalue weighted by atomic mass is 32.1. The minimum Gasteiger partial charge on any atom is -0.377 e. The van der Waals surface area contributed by atoms with Crippen LogP contribution >= 0.6 is 11.3 Å². The van der Waals surface area contributed by atoms with Gasteiger partial charge in [-0.2, -0.15) is 5.10 Å². The molecule has 29 heavy (non-hydrogen) atoms. The number of hydrogen-bond donors (Lipinski definition) is 1. The molecule has 0 aliphatic carbocycles. The summed E-state index contributed by atoms with van der Waals surface area (Å²) in [6.07, 6.45) is 8.04. The Balaban J connectivity index is 1.72. The minimum atomic E-state index is -0.0124. The lowest BCUT2D eigenvalue weighted by atomic mass is 9.95. The van der Waals surface area contributed by atoms with Gasteiger partial charge in [0, 0.05) is 43.3 Å². The number of morpholine rings is 1. The monoisotopic (exact) mass is 408 g/mol. The van der Waals surface area contributed by atoms with E-state index in [0.717, 1.165) is 47.5 Å². The molecule has 0 bridgehead atoms. The Morgan fingerprint density at radius 3 is 2.97 bits per heavy atom. The van der Waals surface area contributed by atoms with Crippen molar-refractivity contribution in [1.29, 1.82) is 0 Å². The summed E-state index contributed by atoms with van der Waals surface area (Å²) in [6.45, 7) is 6.52. The molecule has 2 atom stereocenters.